The second-order valence-corrected chi connectivity index (χ2v) is 15.9. The van der Waals surface area contributed by atoms with E-state index in [2.05, 4.69) is 39.6 Å². The summed E-state index contributed by atoms with van der Waals surface area (Å²) in [6.45, 7) is 11.4. The van der Waals surface area contributed by atoms with Crippen LogP contribution in [0.1, 0.15) is 227 Å². The van der Waals surface area contributed by atoms with Crippen LogP contribution in [0.15, 0.2) is 0 Å². The largest absolute Gasteiger partial charge is 0.465 e. The molecule has 0 aromatic rings. The van der Waals surface area contributed by atoms with Gasteiger partial charge in [0.25, 0.3) is 0 Å². The van der Waals surface area contributed by atoms with E-state index in [0.29, 0.717) is 43.9 Å². The molecule has 0 rings (SSSR count). The molecule has 0 aliphatic heterocycles. The third-order valence-corrected chi connectivity index (χ3v) is 11.0. The number of aliphatic hydroxyl groups excluding tert-OH is 1. The normalized spacial score (nSPS) is 12.9. The van der Waals surface area contributed by atoms with Gasteiger partial charge < -0.3 is 19.5 Å². The zero-order valence-corrected chi connectivity index (χ0v) is 35.0. The number of unbranched alkanes of at least 4 members (excludes halogenated alkanes) is 16. The Morgan fingerprint density at radius 2 is 0.824 bits per heavy atom. The molecule has 0 saturated heterocycles. The van der Waals surface area contributed by atoms with Crippen LogP contribution in [-0.2, 0) is 19.1 Å². The quantitative estimate of drug-likeness (QED) is 0.0501. The van der Waals surface area contributed by atoms with Gasteiger partial charge in [-0.3, -0.25) is 9.59 Å². The van der Waals surface area contributed by atoms with Gasteiger partial charge in [0.2, 0.25) is 0 Å². The van der Waals surface area contributed by atoms with Gasteiger partial charge in [-0.1, -0.05) is 156 Å². The molecule has 304 valence electrons. The minimum atomic E-state index is -0.00341. The van der Waals surface area contributed by atoms with Crippen LogP contribution in [0.3, 0.4) is 0 Å². The van der Waals surface area contributed by atoms with Crippen molar-refractivity contribution in [2.24, 2.45) is 11.8 Å². The monoisotopic (exact) mass is 724 g/mol. The van der Waals surface area contributed by atoms with Gasteiger partial charge in [-0.05, 0) is 76.7 Å². The Hall–Kier alpha value is -1.14. The number of esters is 2. The molecule has 0 aliphatic rings. The van der Waals surface area contributed by atoms with E-state index in [1.54, 1.807) is 0 Å². The lowest BCUT2D eigenvalue weighted by Crippen LogP contribution is -2.33. The van der Waals surface area contributed by atoms with Gasteiger partial charge in [0.1, 0.15) is 0 Å². The first kappa shape index (κ1) is 49.9. The van der Waals surface area contributed by atoms with Crippen molar-refractivity contribution in [1.82, 2.24) is 4.90 Å². The van der Waals surface area contributed by atoms with Crippen LogP contribution < -0.4 is 0 Å². The summed E-state index contributed by atoms with van der Waals surface area (Å²) >= 11 is 0. The number of hydrogen-bond donors (Lipinski definition) is 1. The van der Waals surface area contributed by atoms with Gasteiger partial charge in [-0.15, -0.1) is 0 Å². The Morgan fingerprint density at radius 1 is 0.471 bits per heavy atom. The molecule has 2 unspecified atom stereocenters. The zero-order chi connectivity index (χ0) is 37.6. The molecule has 2 atom stereocenters. The standard InChI is InChI=1S/C45H89NO5/c1-6-10-14-23-32-42(31-13-9-4)40-51-45(49)36-27-22-18-16-20-25-34-43(46(5)37-28-38-47)33-24-19-15-17-21-26-35-44(48)50-39-41(29-11-7-2)30-12-8-3/h41-43,47H,6-40H2,1-5H3. The molecule has 0 radical (unpaired) electrons. The van der Waals surface area contributed by atoms with Gasteiger partial charge in [-0.25, -0.2) is 0 Å². The lowest BCUT2D eigenvalue weighted by atomic mass is 9.96. The molecule has 0 aromatic heterocycles. The van der Waals surface area contributed by atoms with Crippen molar-refractivity contribution in [3.8, 4) is 0 Å². The van der Waals surface area contributed by atoms with Crippen LogP contribution in [0.4, 0.5) is 0 Å². The number of nitrogens with zero attached hydrogens (tertiary/aromatic N) is 1. The van der Waals surface area contributed by atoms with E-state index in [1.165, 1.54) is 154 Å². The van der Waals surface area contributed by atoms with Gasteiger partial charge in [0.15, 0.2) is 0 Å². The van der Waals surface area contributed by atoms with Crippen molar-refractivity contribution in [2.45, 2.75) is 233 Å². The number of aliphatic hydroxyl groups is 1. The van der Waals surface area contributed by atoms with Gasteiger partial charge in [-0.2, -0.15) is 0 Å². The fraction of sp³-hybridized carbons (Fsp3) is 0.956. The van der Waals surface area contributed by atoms with Crippen LogP contribution >= 0.6 is 0 Å². The molecule has 6 heteroatoms. The molecule has 0 aliphatic carbocycles. The summed E-state index contributed by atoms with van der Waals surface area (Å²) in [5.74, 6) is 1.08. The number of ether oxygens (including phenoxy) is 2. The van der Waals surface area contributed by atoms with Gasteiger partial charge in [0.05, 0.1) is 13.2 Å². The Kier molecular flexibility index (Phi) is 37.7. The molecule has 1 N–H and O–H groups in total. The highest BCUT2D eigenvalue weighted by Crippen LogP contribution is 2.21. The maximum Gasteiger partial charge on any atom is 0.305 e. The smallest absolute Gasteiger partial charge is 0.305 e. The number of rotatable bonds is 40. The summed E-state index contributed by atoms with van der Waals surface area (Å²) in [6, 6.07) is 0.590. The van der Waals surface area contributed by atoms with Crippen LogP contribution in [0.25, 0.3) is 0 Å². The fourth-order valence-corrected chi connectivity index (χ4v) is 7.33. The second kappa shape index (κ2) is 38.6. The molecule has 0 heterocycles. The van der Waals surface area contributed by atoms with E-state index in [4.69, 9.17) is 9.47 Å². The zero-order valence-electron chi connectivity index (χ0n) is 35.0. The highest BCUT2D eigenvalue weighted by molar-refractivity contribution is 5.69. The molecule has 6 nitrogen and oxygen atoms in total. The van der Waals surface area contributed by atoms with Crippen molar-refractivity contribution in [3.63, 3.8) is 0 Å². The maximum absolute atomic E-state index is 12.4. The molecule has 0 fully saturated rings. The first-order valence-corrected chi connectivity index (χ1v) is 22.5. The maximum atomic E-state index is 12.4. The molecule has 0 spiro atoms. The fourth-order valence-electron chi connectivity index (χ4n) is 7.33. The van der Waals surface area contributed by atoms with E-state index < -0.39 is 0 Å². The molecule has 0 saturated carbocycles. The summed E-state index contributed by atoms with van der Waals surface area (Å²) in [4.78, 5) is 27.1. The van der Waals surface area contributed by atoms with Crippen molar-refractivity contribution in [3.05, 3.63) is 0 Å². The highest BCUT2D eigenvalue weighted by Gasteiger charge is 2.15. The van der Waals surface area contributed by atoms with E-state index in [-0.39, 0.29) is 18.5 Å². The number of hydrogen-bond acceptors (Lipinski definition) is 6. The van der Waals surface area contributed by atoms with Crippen LogP contribution in [-0.4, -0.2) is 61.4 Å². The summed E-state index contributed by atoms with van der Waals surface area (Å²) < 4.78 is 11.4. The third kappa shape index (κ3) is 33.2. The van der Waals surface area contributed by atoms with Crippen molar-refractivity contribution >= 4 is 11.9 Å². The molecule has 0 amide bonds. The summed E-state index contributed by atoms with van der Waals surface area (Å²) in [5, 5.41) is 9.36. The first-order valence-electron chi connectivity index (χ1n) is 22.5. The number of carbonyl (C=O) groups is 2. The van der Waals surface area contributed by atoms with E-state index in [0.717, 1.165) is 38.6 Å². The topological polar surface area (TPSA) is 76.1 Å². The average molecular weight is 724 g/mol. The van der Waals surface area contributed by atoms with E-state index >= 15 is 0 Å². The van der Waals surface area contributed by atoms with E-state index in [1.807, 2.05) is 0 Å². The van der Waals surface area contributed by atoms with Gasteiger partial charge in [0, 0.05) is 32.0 Å². The number of carbonyl (C=O) groups excluding carboxylic acids is 2. The van der Waals surface area contributed by atoms with Crippen LogP contribution in [0, 0.1) is 11.8 Å². The Bertz CT molecular complexity index is 738. The Balaban J connectivity index is 4.11. The molecule has 0 aromatic carbocycles. The molecule has 0 bridgehead atoms. The van der Waals surface area contributed by atoms with Gasteiger partial charge >= 0.3 is 11.9 Å². The second-order valence-electron chi connectivity index (χ2n) is 15.9. The summed E-state index contributed by atoms with van der Waals surface area (Å²) in [5.41, 5.74) is 0. The molecular formula is C45H89NO5. The summed E-state index contributed by atoms with van der Waals surface area (Å²) in [6.07, 6.45) is 35.7. The predicted molar refractivity (Wildman–Crippen MR) is 218 cm³/mol. The van der Waals surface area contributed by atoms with Crippen LogP contribution in [0.5, 0.6) is 0 Å². The average Bonchev–Trinajstić information content (AvgIpc) is 3.13. The lowest BCUT2D eigenvalue weighted by molar-refractivity contribution is -0.146. The SMILES string of the molecule is CCCCCCC(CCCC)COC(=O)CCCCCCCCC(CCCCCCCCC(=O)OCC(CCCC)CCCC)N(C)CCCO. The van der Waals surface area contributed by atoms with Crippen LogP contribution in [0.2, 0.25) is 0 Å². The van der Waals surface area contributed by atoms with Crippen molar-refractivity contribution in [2.75, 3.05) is 33.4 Å². The Labute approximate surface area is 318 Å². The first-order chi connectivity index (χ1) is 24.9. The minimum Gasteiger partial charge on any atom is -0.465 e. The Morgan fingerprint density at radius 3 is 1.24 bits per heavy atom. The lowest BCUT2D eigenvalue weighted by Gasteiger charge is -2.28. The minimum absolute atomic E-state index is 0.00259. The van der Waals surface area contributed by atoms with E-state index in [9.17, 15) is 14.7 Å². The molecular weight excluding hydrogens is 634 g/mol. The summed E-state index contributed by atoms with van der Waals surface area (Å²) in [7, 11) is 2.23. The van der Waals surface area contributed by atoms with Crippen molar-refractivity contribution < 1.29 is 24.2 Å². The predicted octanol–water partition coefficient (Wildman–Crippen LogP) is 12.8. The highest BCUT2D eigenvalue weighted by atomic mass is 16.5. The third-order valence-electron chi connectivity index (χ3n) is 11.0. The van der Waals surface area contributed by atoms with Crippen molar-refractivity contribution in [1.29, 1.82) is 0 Å². The molecule has 51 heavy (non-hydrogen) atoms.